The molecule has 0 aliphatic carbocycles. The highest BCUT2D eigenvalue weighted by Gasteiger charge is 2.13. The summed E-state index contributed by atoms with van der Waals surface area (Å²) in [5.74, 6) is 1.41. The van der Waals surface area contributed by atoms with Gasteiger partial charge in [0.1, 0.15) is 11.5 Å². The van der Waals surface area contributed by atoms with Gasteiger partial charge in [0.05, 0.1) is 12.9 Å². The van der Waals surface area contributed by atoms with Crippen LogP contribution in [0.1, 0.15) is 17.4 Å². The molecule has 0 aliphatic heterocycles. The van der Waals surface area contributed by atoms with Gasteiger partial charge in [0.15, 0.2) is 6.10 Å². The number of aliphatic hydroxyl groups is 1. The van der Waals surface area contributed by atoms with Crippen molar-refractivity contribution < 1.29 is 14.3 Å². The van der Waals surface area contributed by atoms with Crippen LogP contribution >= 0.6 is 0 Å². The predicted octanol–water partition coefficient (Wildman–Crippen LogP) is 1.85. The van der Waals surface area contributed by atoms with Crippen molar-refractivity contribution >= 4 is 0 Å². The first-order valence-electron chi connectivity index (χ1n) is 5.43. The van der Waals surface area contributed by atoms with E-state index in [0.29, 0.717) is 18.1 Å². The van der Waals surface area contributed by atoms with Crippen molar-refractivity contribution in [3.05, 3.63) is 54.0 Å². The highest BCUT2D eigenvalue weighted by Crippen LogP contribution is 2.21. The first-order valence-corrected chi connectivity index (χ1v) is 5.43. The Morgan fingerprint density at radius 1 is 1.24 bits per heavy atom. The molecule has 0 aliphatic rings. The second kappa shape index (κ2) is 5.52. The number of furan rings is 1. The normalized spacial score (nSPS) is 12.4. The minimum absolute atomic E-state index is 0.0266. The molecule has 2 rings (SSSR count). The van der Waals surface area contributed by atoms with Gasteiger partial charge in [-0.05, 0) is 29.8 Å². The first-order chi connectivity index (χ1) is 8.33. The SMILES string of the molecule is NCC(Oc1ccc(CO)cc1)c1ccco1. The van der Waals surface area contributed by atoms with Crippen LogP contribution < -0.4 is 10.5 Å². The monoisotopic (exact) mass is 233 g/mol. The van der Waals surface area contributed by atoms with Crippen LogP contribution in [0, 0.1) is 0 Å². The Hall–Kier alpha value is -1.78. The lowest BCUT2D eigenvalue weighted by atomic mass is 10.2. The highest BCUT2D eigenvalue weighted by molar-refractivity contribution is 5.27. The molecular formula is C13H15NO3. The second-order valence-electron chi connectivity index (χ2n) is 3.66. The van der Waals surface area contributed by atoms with Gasteiger partial charge in [-0.2, -0.15) is 0 Å². The number of benzene rings is 1. The first kappa shape index (κ1) is 11.7. The van der Waals surface area contributed by atoms with Gasteiger partial charge in [-0.15, -0.1) is 0 Å². The number of rotatable bonds is 5. The van der Waals surface area contributed by atoms with E-state index in [1.54, 1.807) is 24.5 Å². The molecule has 2 aromatic rings. The molecule has 4 heteroatoms. The summed E-state index contributed by atoms with van der Waals surface area (Å²) in [7, 11) is 0. The summed E-state index contributed by atoms with van der Waals surface area (Å²) in [4.78, 5) is 0. The highest BCUT2D eigenvalue weighted by atomic mass is 16.5. The summed E-state index contributed by atoms with van der Waals surface area (Å²) in [5, 5.41) is 8.93. The molecule has 0 saturated heterocycles. The van der Waals surface area contributed by atoms with E-state index >= 15 is 0 Å². The van der Waals surface area contributed by atoms with E-state index in [4.69, 9.17) is 20.0 Å². The third-order valence-corrected chi connectivity index (χ3v) is 2.46. The molecule has 0 amide bonds. The molecule has 1 heterocycles. The lowest BCUT2D eigenvalue weighted by Gasteiger charge is -2.15. The number of ether oxygens (including phenoxy) is 1. The van der Waals surface area contributed by atoms with Gasteiger partial charge in [0.2, 0.25) is 0 Å². The molecule has 1 aromatic carbocycles. The van der Waals surface area contributed by atoms with E-state index in [0.717, 1.165) is 5.56 Å². The Bertz CT molecular complexity index is 436. The van der Waals surface area contributed by atoms with E-state index in [-0.39, 0.29) is 12.7 Å². The summed E-state index contributed by atoms with van der Waals surface area (Å²) >= 11 is 0. The molecular weight excluding hydrogens is 218 g/mol. The van der Waals surface area contributed by atoms with Crippen LogP contribution in [-0.2, 0) is 6.61 Å². The Morgan fingerprint density at radius 3 is 2.53 bits per heavy atom. The van der Waals surface area contributed by atoms with Crippen molar-refractivity contribution in [1.29, 1.82) is 0 Å². The number of aliphatic hydroxyl groups excluding tert-OH is 1. The number of nitrogens with two attached hydrogens (primary N) is 1. The van der Waals surface area contributed by atoms with Gasteiger partial charge in [-0.1, -0.05) is 12.1 Å². The predicted molar refractivity (Wildman–Crippen MR) is 63.5 cm³/mol. The van der Waals surface area contributed by atoms with Gasteiger partial charge in [0.25, 0.3) is 0 Å². The van der Waals surface area contributed by atoms with Gasteiger partial charge in [0, 0.05) is 6.54 Å². The zero-order valence-corrected chi connectivity index (χ0v) is 9.37. The number of hydrogen-bond donors (Lipinski definition) is 2. The third kappa shape index (κ3) is 2.87. The van der Waals surface area contributed by atoms with Crippen molar-refractivity contribution in [3.63, 3.8) is 0 Å². The van der Waals surface area contributed by atoms with E-state index in [1.807, 2.05) is 18.2 Å². The minimum Gasteiger partial charge on any atom is -0.481 e. The van der Waals surface area contributed by atoms with Crippen LogP contribution in [0.2, 0.25) is 0 Å². The standard InChI is InChI=1S/C13H15NO3/c14-8-13(12-2-1-7-16-12)17-11-5-3-10(9-15)4-6-11/h1-7,13,15H,8-9,14H2. The fourth-order valence-corrected chi connectivity index (χ4v) is 1.53. The lowest BCUT2D eigenvalue weighted by Crippen LogP contribution is -2.17. The van der Waals surface area contributed by atoms with Crippen LogP contribution in [0.5, 0.6) is 5.75 Å². The Kier molecular flexibility index (Phi) is 3.80. The smallest absolute Gasteiger partial charge is 0.168 e. The summed E-state index contributed by atoms with van der Waals surface area (Å²) in [6.45, 7) is 0.369. The van der Waals surface area contributed by atoms with Gasteiger partial charge in [-0.25, -0.2) is 0 Å². The molecule has 90 valence electrons. The maximum Gasteiger partial charge on any atom is 0.168 e. The fourth-order valence-electron chi connectivity index (χ4n) is 1.53. The van der Waals surface area contributed by atoms with Crippen molar-refractivity contribution in [2.45, 2.75) is 12.7 Å². The van der Waals surface area contributed by atoms with Crippen LogP contribution in [0.3, 0.4) is 0 Å². The van der Waals surface area contributed by atoms with Crippen molar-refractivity contribution in [2.75, 3.05) is 6.54 Å². The van der Waals surface area contributed by atoms with Crippen molar-refractivity contribution in [3.8, 4) is 5.75 Å². The number of hydrogen-bond acceptors (Lipinski definition) is 4. The minimum atomic E-state index is -0.287. The quantitative estimate of drug-likeness (QED) is 0.827. The van der Waals surface area contributed by atoms with Gasteiger partial charge in [-0.3, -0.25) is 0 Å². The Morgan fingerprint density at radius 2 is 2.00 bits per heavy atom. The molecule has 0 bridgehead atoms. The molecule has 1 aromatic heterocycles. The average molecular weight is 233 g/mol. The van der Waals surface area contributed by atoms with Crippen LogP contribution in [0.15, 0.2) is 47.1 Å². The average Bonchev–Trinajstić information content (AvgIpc) is 2.90. The van der Waals surface area contributed by atoms with Gasteiger partial charge >= 0.3 is 0 Å². The van der Waals surface area contributed by atoms with Gasteiger partial charge < -0.3 is 20.0 Å². The summed E-state index contributed by atoms with van der Waals surface area (Å²) in [5.41, 5.74) is 6.49. The molecule has 17 heavy (non-hydrogen) atoms. The zero-order valence-electron chi connectivity index (χ0n) is 9.37. The van der Waals surface area contributed by atoms with Crippen LogP contribution in [0.25, 0.3) is 0 Å². The van der Waals surface area contributed by atoms with Crippen LogP contribution in [0.4, 0.5) is 0 Å². The molecule has 0 spiro atoms. The zero-order chi connectivity index (χ0) is 12.1. The van der Waals surface area contributed by atoms with Crippen molar-refractivity contribution in [2.24, 2.45) is 5.73 Å². The van der Waals surface area contributed by atoms with E-state index in [2.05, 4.69) is 0 Å². The molecule has 3 N–H and O–H groups in total. The fraction of sp³-hybridized carbons (Fsp3) is 0.231. The molecule has 1 atom stereocenters. The Balaban J connectivity index is 2.07. The maximum atomic E-state index is 8.93. The van der Waals surface area contributed by atoms with E-state index < -0.39 is 0 Å². The summed E-state index contributed by atoms with van der Waals surface area (Å²) in [6, 6.07) is 10.9. The lowest BCUT2D eigenvalue weighted by molar-refractivity contribution is 0.184. The van der Waals surface area contributed by atoms with Crippen molar-refractivity contribution in [1.82, 2.24) is 0 Å². The van der Waals surface area contributed by atoms with E-state index in [9.17, 15) is 0 Å². The molecule has 0 saturated carbocycles. The topological polar surface area (TPSA) is 68.6 Å². The third-order valence-electron chi connectivity index (χ3n) is 2.46. The molecule has 0 radical (unpaired) electrons. The maximum absolute atomic E-state index is 8.93. The molecule has 4 nitrogen and oxygen atoms in total. The summed E-state index contributed by atoms with van der Waals surface area (Å²) in [6.07, 6.45) is 1.31. The van der Waals surface area contributed by atoms with E-state index in [1.165, 1.54) is 0 Å². The van der Waals surface area contributed by atoms with Crippen LogP contribution in [-0.4, -0.2) is 11.7 Å². The molecule has 1 unspecified atom stereocenters. The largest absolute Gasteiger partial charge is 0.481 e. The molecule has 0 fully saturated rings. The summed E-state index contributed by atoms with van der Waals surface area (Å²) < 4.78 is 11.0. The second-order valence-corrected chi connectivity index (χ2v) is 3.66. The Labute approximate surface area is 99.6 Å².